The van der Waals surface area contributed by atoms with Gasteiger partial charge in [0.1, 0.15) is 5.60 Å². The molecule has 1 aliphatic heterocycles. The quantitative estimate of drug-likeness (QED) is 0.766. The van der Waals surface area contributed by atoms with E-state index in [1.807, 2.05) is 30.3 Å². The van der Waals surface area contributed by atoms with Gasteiger partial charge in [-0.15, -0.1) is 0 Å². The number of aliphatic hydroxyl groups is 1. The van der Waals surface area contributed by atoms with Crippen LogP contribution in [0, 0.1) is 6.92 Å². The van der Waals surface area contributed by atoms with Gasteiger partial charge in [0, 0.05) is 12.1 Å². The zero-order valence-corrected chi connectivity index (χ0v) is 16.5. The van der Waals surface area contributed by atoms with E-state index in [0.717, 1.165) is 36.1 Å². The standard InChI is InChI=1S/C24H33NO/c1-19-11-7-8-16-23(19)24(26,22-14-5-4-6-15-22)17-10-18-25-20(2)12-9-13-21(25)3/h4-8,11,14-16,20-21,26H,9-10,12-13,17-18H2,1-3H3. The van der Waals surface area contributed by atoms with Gasteiger partial charge in [0.15, 0.2) is 0 Å². The Labute approximate surface area is 158 Å². The summed E-state index contributed by atoms with van der Waals surface area (Å²) in [7, 11) is 0. The summed E-state index contributed by atoms with van der Waals surface area (Å²) in [5.74, 6) is 0. The van der Waals surface area contributed by atoms with Gasteiger partial charge in [0.25, 0.3) is 0 Å². The first-order chi connectivity index (χ1) is 12.5. The lowest BCUT2D eigenvalue weighted by Crippen LogP contribution is -2.44. The number of hydrogen-bond acceptors (Lipinski definition) is 2. The SMILES string of the molecule is Cc1ccccc1C(O)(CCCN1C(C)CCCC1C)c1ccccc1. The van der Waals surface area contributed by atoms with Crippen LogP contribution in [0.15, 0.2) is 54.6 Å². The van der Waals surface area contributed by atoms with E-state index in [9.17, 15) is 5.11 Å². The monoisotopic (exact) mass is 351 g/mol. The number of benzene rings is 2. The molecule has 1 saturated heterocycles. The van der Waals surface area contributed by atoms with E-state index in [-0.39, 0.29) is 0 Å². The molecule has 140 valence electrons. The van der Waals surface area contributed by atoms with Gasteiger partial charge < -0.3 is 5.11 Å². The highest BCUT2D eigenvalue weighted by Gasteiger charge is 2.33. The maximum absolute atomic E-state index is 11.8. The van der Waals surface area contributed by atoms with E-state index in [0.29, 0.717) is 12.1 Å². The van der Waals surface area contributed by atoms with Gasteiger partial charge >= 0.3 is 0 Å². The van der Waals surface area contributed by atoms with Crippen LogP contribution in [0.4, 0.5) is 0 Å². The lowest BCUT2D eigenvalue weighted by molar-refractivity contribution is 0.0517. The molecule has 26 heavy (non-hydrogen) atoms. The zero-order valence-electron chi connectivity index (χ0n) is 16.5. The van der Waals surface area contributed by atoms with E-state index < -0.39 is 5.60 Å². The van der Waals surface area contributed by atoms with E-state index >= 15 is 0 Å². The molecule has 2 nitrogen and oxygen atoms in total. The van der Waals surface area contributed by atoms with Crippen molar-refractivity contribution in [2.24, 2.45) is 0 Å². The van der Waals surface area contributed by atoms with E-state index in [4.69, 9.17) is 0 Å². The lowest BCUT2D eigenvalue weighted by atomic mass is 9.80. The number of aryl methyl sites for hydroxylation is 1. The molecule has 2 aromatic rings. The van der Waals surface area contributed by atoms with Gasteiger partial charge in [-0.3, -0.25) is 4.90 Å². The second-order valence-electron chi connectivity index (χ2n) is 8.01. The molecule has 0 aromatic heterocycles. The average Bonchev–Trinajstić information content (AvgIpc) is 2.65. The molecule has 3 unspecified atom stereocenters. The molecule has 0 radical (unpaired) electrons. The summed E-state index contributed by atoms with van der Waals surface area (Å²) < 4.78 is 0. The summed E-state index contributed by atoms with van der Waals surface area (Å²) in [6.07, 6.45) is 5.68. The number of nitrogens with zero attached hydrogens (tertiary/aromatic N) is 1. The number of likely N-dealkylation sites (tertiary alicyclic amines) is 1. The van der Waals surface area contributed by atoms with Crippen LogP contribution in [0.5, 0.6) is 0 Å². The van der Waals surface area contributed by atoms with Crippen LogP contribution in [0.1, 0.15) is 62.6 Å². The van der Waals surface area contributed by atoms with Gasteiger partial charge in [-0.2, -0.15) is 0 Å². The van der Waals surface area contributed by atoms with Crippen molar-refractivity contribution in [1.82, 2.24) is 4.90 Å². The number of hydrogen-bond donors (Lipinski definition) is 1. The molecular weight excluding hydrogens is 318 g/mol. The molecule has 1 fully saturated rings. The van der Waals surface area contributed by atoms with Crippen LogP contribution in [0.3, 0.4) is 0 Å². The summed E-state index contributed by atoms with van der Waals surface area (Å²) in [4.78, 5) is 2.63. The normalized spacial score (nSPS) is 23.5. The smallest absolute Gasteiger partial charge is 0.115 e. The Bertz CT molecular complexity index is 688. The van der Waals surface area contributed by atoms with Crippen LogP contribution in [0.2, 0.25) is 0 Å². The van der Waals surface area contributed by atoms with Crippen molar-refractivity contribution < 1.29 is 5.11 Å². The van der Waals surface area contributed by atoms with Crippen molar-refractivity contribution >= 4 is 0 Å². The minimum absolute atomic E-state index is 0.655. The van der Waals surface area contributed by atoms with E-state index in [1.54, 1.807) is 0 Å². The van der Waals surface area contributed by atoms with Gasteiger partial charge in [-0.05, 0) is 69.7 Å². The third-order valence-electron chi connectivity index (χ3n) is 6.17. The molecule has 0 spiro atoms. The maximum atomic E-state index is 11.8. The highest BCUT2D eigenvalue weighted by molar-refractivity contribution is 5.40. The molecule has 3 atom stereocenters. The molecule has 3 rings (SSSR count). The third-order valence-corrected chi connectivity index (χ3v) is 6.17. The van der Waals surface area contributed by atoms with E-state index in [2.05, 4.69) is 49.9 Å². The first-order valence-electron chi connectivity index (χ1n) is 10.1. The molecule has 2 aromatic carbocycles. The van der Waals surface area contributed by atoms with Crippen molar-refractivity contribution in [1.29, 1.82) is 0 Å². The summed E-state index contributed by atoms with van der Waals surface area (Å²) in [5, 5.41) is 11.8. The average molecular weight is 352 g/mol. The Kier molecular flexibility index (Phi) is 6.16. The first-order valence-corrected chi connectivity index (χ1v) is 10.1. The maximum Gasteiger partial charge on any atom is 0.115 e. The second kappa shape index (κ2) is 8.37. The Morgan fingerprint density at radius 3 is 2.23 bits per heavy atom. The molecule has 1 aliphatic rings. The Hall–Kier alpha value is -1.64. The van der Waals surface area contributed by atoms with Crippen LogP contribution in [-0.2, 0) is 5.60 Å². The molecule has 0 saturated carbocycles. The molecule has 0 amide bonds. The molecule has 0 aliphatic carbocycles. The highest BCUT2D eigenvalue weighted by atomic mass is 16.3. The summed E-state index contributed by atoms with van der Waals surface area (Å²) in [6.45, 7) is 7.85. The fourth-order valence-corrected chi connectivity index (χ4v) is 4.62. The van der Waals surface area contributed by atoms with Gasteiger partial charge in [-0.1, -0.05) is 61.0 Å². The van der Waals surface area contributed by atoms with Crippen LogP contribution in [-0.4, -0.2) is 28.6 Å². The van der Waals surface area contributed by atoms with Crippen LogP contribution >= 0.6 is 0 Å². The topological polar surface area (TPSA) is 23.5 Å². The number of piperidine rings is 1. The predicted molar refractivity (Wildman–Crippen MR) is 109 cm³/mol. The Morgan fingerprint density at radius 2 is 1.58 bits per heavy atom. The largest absolute Gasteiger partial charge is 0.380 e. The fraction of sp³-hybridized carbons (Fsp3) is 0.500. The van der Waals surface area contributed by atoms with E-state index in [1.165, 1.54) is 19.3 Å². The van der Waals surface area contributed by atoms with Crippen molar-refractivity contribution in [3.8, 4) is 0 Å². The van der Waals surface area contributed by atoms with Crippen molar-refractivity contribution in [3.05, 3.63) is 71.3 Å². The second-order valence-corrected chi connectivity index (χ2v) is 8.01. The first kappa shape index (κ1) is 19.1. The van der Waals surface area contributed by atoms with Crippen LogP contribution < -0.4 is 0 Å². The highest BCUT2D eigenvalue weighted by Crippen LogP contribution is 2.36. The van der Waals surface area contributed by atoms with Crippen molar-refractivity contribution in [3.63, 3.8) is 0 Å². The molecule has 2 heteroatoms. The van der Waals surface area contributed by atoms with Gasteiger partial charge in [0.2, 0.25) is 0 Å². The molecule has 0 bridgehead atoms. The van der Waals surface area contributed by atoms with Crippen LogP contribution in [0.25, 0.3) is 0 Å². The molecule has 1 heterocycles. The summed E-state index contributed by atoms with van der Waals surface area (Å²) >= 11 is 0. The minimum atomic E-state index is -0.922. The Balaban J connectivity index is 1.80. The summed E-state index contributed by atoms with van der Waals surface area (Å²) in [5.41, 5.74) is 2.26. The van der Waals surface area contributed by atoms with Crippen molar-refractivity contribution in [2.45, 2.75) is 70.6 Å². The third kappa shape index (κ3) is 4.02. The number of rotatable bonds is 6. The minimum Gasteiger partial charge on any atom is -0.380 e. The molecule has 1 N–H and O–H groups in total. The van der Waals surface area contributed by atoms with Crippen molar-refractivity contribution in [2.75, 3.05) is 6.54 Å². The fourth-order valence-electron chi connectivity index (χ4n) is 4.62. The predicted octanol–water partition coefficient (Wildman–Crippen LogP) is 5.27. The zero-order chi connectivity index (χ0) is 18.6. The molecular formula is C24H33NO. The lowest BCUT2D eigenvalue weighted by Gasteiger charge is -2.40. The van der Waals surface area contributed by atoms with Gasteiger partial charge in [-0.25, -0.2) is 0 Å². The Morgan fingerprint density at radius 1 is 0.962 bits per heavy atom. The summed E-state index contributed by atoms with van der Waals surface area (Å²) in [6, 6.07) is 19.7. The van der Waals surface area contributed by atoms with Gasteiger partial charge in [0.05, 0.1) is 0 Å².